The molecule has 0 radical (unpaired) electrons. The van der Waals surface area contributed by atoms with Crippen LogP contribution in [0.15, 0.2) is 0 Å². The van der Waals surface area contributed by atoms with Crippen molar-refractivity contribution in [3.8, 4) is 0 Å². The summed E-state index contributed by atoms with van der Waals surface area (Å²) >= 11 is 0. The van der Waals surface area contributed by atoms with Crippen LogP contribution in [-0.2, 0) is 0 Å². The van der Waals surface area contributed by atoms with Crippen LogP contribution in [0.2, 0.25) is 0 Å². The Kier molecular flexibility index (Phi) is 5.97. The van der Waals surface area contributed by atoms with E-state index in [0.29, 0.717) is 6.17 Å². The summed E-state index contributed by atoms with van der Waals surface area (Å²) in [5.74, 6) is 2.72. The summed E-state index contributed by atoms with van der Waals surface area (Å²) in [4.78, 5) is 0. The maximum absolute atomic E-state index is 3.77. The molecule has 0 bridgehead atoms. The summed E-state index contributed by atoms with van der Waals surface area (Å²) in [6.07, 6.45) is 11.9. The molecule has 0 aromatic rings. The summed E-state index contributed by atoms with van der Waals surface area (Å²) in [5, 5.41) is 7.54. The third-order valence-corrected chi connectivity index (χ3v) is 5.00. The first-order valence-corrected chi connectivity index (χ1v) is 8.26. The van der Waals surface area contributed by atoms with Gasteiger partial charge in [0.05, 0.1) is 6.17 Å². The van der Waals surface area contributed by atoms with Gasteiger partial charge in [-0.1, -0.05) is 46.0 Å². The van der Waals surface area contributed by atoms with Gasteiger partial charge in [0.25, 0.3) is 0 Å². The topological polar surface area (TPSA) is 24.1 Å². The Morgan fingerprint density at radius 1 is 0.944 bits per heavy atom. The van der Waals surface area contributed by atoms with Gasteiger partial charge in [0, 0.05) is 13.1 Å². The van der Waals surface area contributed by atoms with Gasteiger partial charge >= 0.3 is 0 Å². The van der Waals surface area contributed by atoms with Gasteiger partial charge in [-0.05, 0) is 37.0 Å². The molecule has 0 atom stereocenters. The van der Waals surface area contributed by atoms with Crippen molar-refractivity contribution >= 4 is 0 Å². The summed E-state index contributed by atoms with van der Waals surface area (Å²) < 4.78 is 0. The monoisotopic (exact) mass is 252 g/mol. The number of hydrogen-bond acceptors (Lipinski definition) is 2. The smallest absolute Gasteiger partial charge is 0.0600 e. The second kappa shape index (κ2) is 7.49. The molecular formula is C16H32N2. The molecular weight excluding hydrogens is 220 g/mol. The maximum atomic E-state index is 3.77. The van der Waals surface area contributed by atoms with Gasteiger partial charge in [-0.25, -0.2) is 0 Å². The summed E-state index contributed by atoms with van der Waals surface area (Å²) in [6, 6.07) is 0. The lowest BCUT2D eigenvalue weighted by molar-refractivity contribution is 0.166. The minimum atomic E-state index is 0.611. The highest BCUT2D eigenvalue weighted by Gasteiger charge is 2.28. The van der Waals surface area contributed by atoms with Gasteiger partial charge in [0.1, 0.15) is 0 Å². The first-order valence-electron chi connectivity index (χ1n) is 8.26. The minimum absolute atomic E-state index is 0.611. The predicted molar refractivity (Wildman–Crippen MR) is 78.5 cm³/mol. The predicted octanol–water partition coefficient (Wildman–Crippen LogP) is 3.53. The minimum Gasteiger partial charge on any atom is -0.301 e. The van der Waals surface area contributed by atoms with Gasteiger partial charge < -0.3 is 10.6 Å². The Bertz CT molecular complexity index is 213. The van der Waals surface area contributed by atoms with E-state index in [4.69, 9.17) is 0 Å². The largest absolute Gasteiger partial charge is 0.301 e. The van der Waals surface area contributed by atoms with Crippen molar-refractivity contribution in [1.82, 2.24) is 10.6 Å². The molecule has 18 heavy (non-hydrogen) atoms. The van der Waals surface area contributed by atoms with Crippen LogP contribution in [-0.4, -0.2) is 19.3 Å². The SMILES string of the molecule is CCCCCC1CNC(C2CCC(C)CC2)NC1. The molecule has 0 spiro atoms. The summed E-state index contributed by atoms with van der Waals surface area (Å²) in [7, 11) is 0. The highest BCUT2D eigenvalue weighted by atomic mass is 15.2. The van der Waals surface area contributed by atoms with Crippen LogP contribution >= 0.6 is 0 Å². The van der Waals surface area contributed by atoms with Crippen molar-refractivity contribution in [3.05, 3.63) is 0 Å². The van der Waals surface area contributed by atoms with Crippen LogP contribution in [0.1, 0.15) is 65.2 Å². The van der Waals surface area contributed by atoms with Crippen molar-refractivity contribution in [1.29, 1.82) is 0 Å². The molecule has 0 unspecified atom stereocenters. The molecule has 1 saturated heterocycles. The van der Waals surface area contributed by atoms with Crippen molar-refractivity contribution in [2.24, 2.45) is 17.8 Å². The normalized spacial score (nSPS) is 37.7. The van der Waals surface area contributed by atoms with Crippen LogP contribution < -0.4 is 10.6 Å². The molecule has 1 aliphatic carbocycles. The van der Waals surface area contributed by atoms with E-state index in [2.05, 4.69) is 24.5 Å². The van der Waals surface area contributed by atoms with Crippen LogP contribution in [0.25, 0.3) is 0 Å². The molecule has 2 rings (SSSR count). The lowest BCUT2D eigenvalue weighted by Gasteiger charge is -2.39. The molecule has 2 N–H and O–H groups in total. The second-order valence-electron chi connectivity index (χ2n) is 6.68. The van der Waals surface area contributed by atoms with E-state index in [1.807, 2.05) is 0 Å². The summed E-state index contributed by atoms with van der Waals surface area (Å²) in [6.45, 7) is 7.18. The van der Waals surface area contributed by atoms with Gasteiger partial charge in [0.15, 0.2) is 0 Å². The number of hydrogen-bond donors (Lipinski definition) is 2. The van der Waals surface area contributed by atoms with Crippen LogP contribution in [0.3, 0.4) is 0 Å². The molecule has 2 nitrogen and oxygen atoms in total. The zero-order valence-electron chi connectivity index (χ0n) is 12.4. The van der Waals surface area contributed by atoms with Crippen molar-refractivity contribution in [2.45, 2.75) is 71.4 Å². The van der Waals surface area contributed by atoms with Gasteiger partial charge in [0.2, 0.25) is 0 Å². The third kappa shape index (κ3) is 4.24. The quantitative estimate of drug-likeness (QED) is 0.732. The van der Waals surface area contributed by atoms with Crippen molar-refractivity contribution < 1.29 is 0 Å². The molecule has 2 heteroatoms. The molecule has 0 aromatic heterocycles. The molecule has 0 amide bonds. The summed E-state index contributed by atoms with van der Waals surface area (Å²) in [5.41, 5.74) is 0. The Morgan fingerprint density at radius 3 is 2.22 bits per heavy atom. The molecule has 1 saturated carbocycles. The van der Waals surface area contributed by atoms with E-state index in [0.717, 1.165) is 17.8 Å². The van der Waals surface area contributed by atoms with E-state index >= 15 is 0 Å². The van der Waals surface area contributed by atoms with E-state index < -0.39 is 0 Å². The Hall–Kier alpha value is -0.0800. The maximum Gasteiger partial charge on any atom is 0.0600 e. The Balaban J connectivity index is 1.63. The average Bonchev–Trinajstić information content (AvgIpc) is 2.41. The Labute approximate surface area is 113 Å². The lowest BCUT2D eigenvalue weighted by Crippen LogP contribution is -2.56. The van der Waals surface area contributed by atoms with E-state index in [-0.39, 0.29) is 0 Å². The molecule has 2 aliphatic rings. The molecule has 2 fully saturated rings. The van der Waals surface area contributed by atoms with Gasteiger partial charge in [-0.3, -0.25) is 0 Å². The van der Waals surface area contributed by atoms with E-state index in [1.54, 1.807) is 0 Å². The first kappa shape index (κ1) is 14.3. The number of unbranched alkanes of at least 4 members (excludes halogenated alkanes) is 2. The standard InChI is InChI=1S/C16H32N2/c1-3-4-5-6-14-11-17-16(18-12-14)15-9-7-13(2)8-10-15/h13-18H,3-12H2,1-2H3. The fraction of sp³-hybridized carbons (Fsp3) is 1.00. The lowest BCUT2D eigenvalue weighted by atomic mass is 9.80. The zero-order chi connectivity index (χ0) is 12.8. The third-order valence-electron chi connectivity index (χ3n) is 5.00. The second-order valence-corrected chi connectivity index (χ2v) is 6.68. The van der Waals surface area contributed by atoms with Crippen molar-refractivity contribution in [3.63, 3.8) is 0 Å². The fourth-order valence-corrected chi connectivity index (χ4v) is 3.57. The molecule has 106 valence electrons. The molecule has 0 aromatic carbocycles. The van der Waals surface area contributed by atoms with E-state index in [9.17, 15) is 0 Å². The molecule has 1 heterocycles. The highest BCUT2D eigenvalue weighted by molar-refractivity contribution is 4.84. The van der Waals surface area contributed by atoms with Crippen LogP contribution in [0.4, 0.5) is 0 Å². The van der Waals surface area contributed by atoms with Gasteiger partial charge in [-0.2, -0.15) is 0 Å². The number of rotatable bonds is 5. The fourth-order valence-electron chi connectivity index (χ4n) is 3.57. The first-order chi connectivity index (χ1) is 8.79. The molecule has 1 aliphatic heterocycles. The van der Waals surface area contributed by atoms with Crippen LogP contribution in [0, 0.1) is 17.8 Å². The number of nitrogens with one attached hydrogen (secondary N) is 2. The van der Waals surface area contributed by atoms with Crippen LogP contribution in [0.5, 0.6) is 0 Å². The van der Waals surface area contributed by atoms with E-state index in [1.165, 1.54) is 64.5 Å². The van der Waals surface area contributed by atoms with Crippen molar-refractivity contribution in [2.75, 3.05) is 13.1 Å². The highest BCUT2D eigenvalue weighted by Crippen LogP contribution is 2.30. The Morgan fingerprint density at radius 2 is 1.61 bits per heavy atom. The zero-order valence-corrected chi connectivity index (χ0v) is 12.4. The van der Waals surface area contributed by atoms with Gasteiger partial charge in [-0.15, -0.1) is 0 Å². The average molecular weight is 252 g/mol.